The van der Waals surface area contributed by atoms with Crippen LogP contribution in [-0.4, -0.2) is 4.98 Å². The Bertz CT molecular complexity index is 540. The van der Waals surface area contributed by atoms with Crippen molar-refractivity contribution in [3.63, 3.8) is 0 Å². The van der Waals surface area contributed by atoms with E-state index in [1.54, 1.807) is 6.07 Å². The van der Waals surface area contributed by atoms with E-state index in [9.17, 15) is 8.78 Å². The maximum atomic E-state index is 13.5. The number of aryl methyl sites for hydroxylation is 1. The molecule has 0 radical (unpaired) electrons. The zero-order chi connectivity index (χ0) is 11.7. The molecule has 1 aromatic carbocycles. The molecule has 3 N–H and O–H groups in total. The number of nitrogens with zero attached hydrogens (tertiary/aromatic N) is 1. The molecule has 5 heteroatoms. The van der Waals surface area contributed by atoms with Crippen molar-refractivity contribution in [2.45, 2.75) is 13.3 Å². The molecule has 0 saturated heterocycles. The molecule has 2 aromatic rings. The van der Waals surface area contributed by atoms with Crippen LogP contribution in [-0.2, 0) is 6.42 Å². The van der Waals surface area contributed by atoms with Gasteiger partial charge in [0.05, 0.1) is 11.1 Å². The van der Waals surface area contributed by atoms with Crippen molar-refractivity contribution < 1.29 is 8.78 Å². The number of benzene rings is 1. The summed E-state index contributed by atoms with van der Waals surface area (Å²) in [5, 5.41) is 0.0831. The van der Waals surface area contributed by atoms with Crippen molar-refractivity contribution in [3.8, 4) is 0 Å². The predicted molar refractivity (Wildman–Crippen MR) is 58.8 cm³/mol. The lowest BCUT2D eigenvalue weighted by molar-refractivity contribution is 0.615. The third-order valence-corrected chi connectivity index (χ3v) is 2.43. The summed E-state index contributed by atoms with van der Waals surface area (Å²) in [4.78, 5) is 4.05. The smallest absolute Gasteiger partial charge is 0.149 e. The van der Waals surface area contributed by atoms with Crippen molar-refractivity contribution in [3.05, 3.63) is 35.5 Å². The van der Waals surface area contributed by atoms with E-state index in [1.807, 2.05) is 6.92 Å². The van der Waals surface area contributed by atoms with Gasteiger partial charge in [-0.05, 0) is 24.6 Å². The number of anilines is 1. The van der Waals surface area contributed by atoms with Gasteiger partial charge in [0.1, 0.15) is 17.2 Å². The predicted octanol–water partition coefficient (Wildman–Crippen LogP) is 2.36. The van der Waals surface area contributed by atoms with Crippen LogP contribution in [0.4, 0.5) is 14.5 Å². The molecule has 1 heterocycles. The first-order valence-electron chi connectivity index (χ1n) is 4.91. The largest absolute Gasteiger partial charge is 0.323 e. The van der Waals surface area contributed by atoms with E-state index in [0.29, 0.717) is 17.8 Å². The molecule has 84 valence electrons. The third-order valence-electron chi connectivity index (χ3n) is 2.43. The van der Waals surface area contributed by atoms with Gasteiger partial charge in [0.15, 0.2) is 0 Å². The summed E-state index contributed by atoms with van der Waals surface area (Å²) in [7, 11) is 0. The monoisotopic (exact) mass is 223 g/mol. The second-order valence-electron chi connectivity index (χ2n) is 3.41. The lowest BCUT2D eigenvalue weighted by Gasteiger charge is -2.09. The fraction of sp³-hybridized carbons (Fsp3) is 0.182. The van der Waals surface area contributed by atoms with Gasteiger partial charge in [-0.1, -0.05) is 6.92 Å². The van der Waals surface area contributed by atoms with Gasteiger partial charge in [0.2, 0.25) is 0 Å². The summed E-state index contributed by atoms with van der Waals surface area (Å²) in [6.07, 6.45) is 0.626. The average Bonchev–Trinajstić information content (AvgIpc) is 2.32. The van der Waals surface area contributed by atoms with Crippen LogP contribution in [0.15, 0.2) is 18.2 Å². The van der Waals surface area contributed by atoms with E-state index in [0.717, 1.165) is 12.1 Å². The van der Waals surface area contributed by atoms with Gasteiger partial charge >= 0.3 is 0 Å². The molecule has 2 rings (SSSR count). The number of nitrogens with one attached hydrogen (secondary N) is 1. The molecule has 3 nitrogen and oxygen atoms in total. The van der Waals surface area contributed by atoms with Gasteiger partial charge in [0, 0.05) is 5.69 Å². The van der Waals surface area contributed by atoms with E-state index in [2.05, 4.69) is 10.4 Å². The molecule has 16 heavy (non-hydrogen) atoms. The number of fused-ring (bicyclic) bond motifs is 1. The summed E-state index contributed by atoms with van der Waals surface area (Å²) >= 11 is 0. The minimum atomic E-state index is -0.553. The van der Waals surface area contributed by atoms with Crippen LogP contribution in [0.25, 0.3) is 10.9 Å². The number of hydrogen-bond donors (Lipinski definition) is 2. The molecular weight excluding hydrogens is 212 g/mol. The SMILES string of the molecule is CCc1cc(NN)c2c(F)ccc(F)c2n1. The zero-order valence-corrected chi connectivity index (χ0v) is 8.72. The van der Waals surface area contributed by atoms with Crippen LogP contribution in [0.1, 0.15) is 12.6 Å². The highest BCUT2D eigenvalue weighted by Crippen LogP contribution is 2.27. The van der Waals surface area contributed by atoms with E-state index in [1.165, 1.54) is 0 Å². The Balaban J connectivity index is 2.88. The first-order valence-corrected chi connectivity index (χ1v) is 4.91. The van der Waals surface area contributed by atoms with Crippen molar-refractivity contribution in [1.82, 2.24) is 4.98 Å². The second-order valence-corrected chi connectivity index (χ2v) is 3.41. The second kappa shape index (κ2) is 4.02. The van der Waals surface area contributed by atoms with Gasteiger partial charge in [-0.2, -0.15) is 0 Å². The standard InChI is InChI=1S/C11H11F2N3/c1-2-6-5-9(16-14)10-7(12)3-4-8(13)11(10)15-6/h3-5H,2,14H2,1H3,(H,15,16). The molecule has 0 atom stereocenters. The van der Waals surface area contributed by atoms with Crippen molar-refractivity contribution in [1.29, 1.82) is 0 Å². The molecular formula is C11H11F2N3. The van der Waals surface area contributed by atoms with Crippen LogP contribution in [0, 0.1) is 11.6 Å². The van der Waals surface area contributed by atoms with Crippen LogP contribution in [0.5, 0.6) is 0 Å². The Kier molecular flexibility index (Phi) is 2.70. The number of aromatic nitrogens is 1. The maximum absolute atomic E-state index is 13.5. The Hall–Kier alpha value is -1.75. The Morgan fingerprint density at radius 1 is 1.31 bits per heavy atom. The quantitative estimate of drug-likeness (QED) is 0.607. The Morgan fingerprint density at radius 3 is 2.62 bits per heavy atom. The molecule has 0 aliphatic heterocycles. The van der Waals surface area contributed by atoms with Crippen LogP contribution in [0.3, 0.4) is 0 Å². The van der Waals surface area contributed by atoms with Crippen LogP contribution in [0.2, 0.25) is 0 Å². The summed E-state index contributed by atoms with van der Waals surface area (Å²) in [6.45, 7) is 1.88. The highest BCUT2D eigenvalue weighted by molar-refractivity contribution is 5.92. The number of halogens is 2. The highest BCUT2D eigenvalue weighted by atomic mass is 19.1. The average molecular weight is 223 g/mol. The molecule has 0 saturated carbocycles. The van der Waals surface area contributed by atoms with Crippen LogP contribution >= 0.6 is 0 Å². The molecule has 0 aliphatic rings. The first kappa shape index (κ1) is 10.8. The van der Waals surface area contributed by atoms with E-state index in [-0.39, 0.29) is 10.9 Å². The third kappa shape index (κ3) is 1.59. The maximum Gasteiger partial charge on any atom is 0.149 e. The van der Waals surface area contributed by atoms with Gasteiger partial charge in [-0.3, -0.25) is 5.84 Å². The number of nitrogen functional groups attached to an aromatic ring is 1. The molecule has 0 spiro atoms. The molecule has 0 amide bonds. The minimum Gasteiger partial charge on any atom is -0.323 e. The van der Waals surface area contributed by atoms with E-state index in [4.69, 9.17) is 5.84 Å². The lowest BCUT2D eigenvalue weighted by Crippen LogP contribution is -2.09. The zero-order valence-electron chi connectivity index (χ0n) is 8.72. The van der Waals surface area contributed by atoms with E-state index < -0.39 is 11.6 Å². The fourth-order valence-electron chi connectivity index (χ4n) is 1.62. The molecule has 1 aromatic heterocycles. The molecule has 0 bridgehead atoms. The topological polar surface area (TPSA) is 50.9 Å². The summed E-state index contributed by atoms with van der Waals surface area (Å²) in [5.74, 6) is 4.20. The van der Waals surface area contributed by atoms with E-state index >= 15 is 0 Å². The lowest BCUT2D eigenvalue weighted by atomic mass is 10.1. The van der Waals surface area contributed by atoms with Gasteiger partial charge in [-0.25, -0.2) is 13.8 Å². The highest BCUT2D eigenvalue weighted by Gasteiger charge is 2.12. The summed E-state index contributed by atoms with van der Waals surface area (Å²) in [5.41, 5.74) is 3.38. The van der Waals surface area contributed by atoms with Crippen LogP contribution < -0.4 is 11.3 Å². The first-order chi connectivity index (χ1) is 7.67. The summed E-state index contributed by atoms with van der Waals surface area (Å²) < 4.78 is 27.0. The van der Waals surface area contributed by atoms with Crippen molar-refractivity contribution in [2.75, 3.05) is 5.43 Å². The van der Waals surface area contributed by atoms with Gasteiger partial charge in [0.25, 0.3) is 0 Å². The Morgan fingerprint density at radius 2 is 2.00 bits per heavy atom. The minimum absolute atomic E-state index is 0.00676. The number of hydrazine groups is 1. The number of hydrogen-bond acceptors (Lipinski definition) is 3. The number of rotatable bonds is 2. The Labute approximate surface area is 91.3 Å². The molecule has 0 fully saturated rings. The van der Waals surface area contributed by atoms with Crippen molar-refractivity contribution in [2.24, 2.45) is 5.84 Å². The number of nitrogens with two attached hydrogens (primary N) is 1. The van der Waals surface area contributed by atoms with Gasteiger partial charge < -0.3 is 5.43 Å². The van der Waals surface area contributed by atoms with Gasteiger partial charge in [-0.15, -0.1) is 0 Å². The summed E-state index contributed by atoms with van der Waals surface area (Å²) in [6, 6.07) is 3.74. The van der Waals surface area contributed by atoms with Crippen molar-refractivity contribution >= 4 is 16.6 Å². The fourth-order valence-corrected chi connectivity index (χ4v) is 1.62. The number of pyridine rings is 1. The molecule has 0 unspecified atom stereocenters. The normalized spacial score (nSPS) is 10.8. The molecule has 0 aliphatic carbocycles.